The highest BCUT2D eigenvalue weighted by molar-refractivity contribution is 7.95. The van der Waals surface area contributed by atoms with Gasteiger partial charge >= 0.3 is 11.9 Å². The number of ether oxygens (including phenoxy) is 1. The molecule has 0 saturated heterocycles. The quantitative estimate of drug-likeness (QED) is 0.658. The lowest BCUT2D eigenvalue weighted by Gasteiger charge is -2.02. The molecule has 0 bridgehead atoms. The number of rotatable bonds is 3. The summed E-state index contributed by atoms with van der Waals surface area (Å²) in [4.78, 5) is 21.4. The third-order valence-corrected chi connectivity index (χ3v) is 3.71. The molecule has 1 aliphatic rings. The van der Waals surface area contributed by atoms with Crippen LogP contribution in [0.2, 0.25) is 5.02 Å². The zero-order valence-electron chi connectivity index (χ0n) is 9.61. The van der Waals surface area contributed by atoms with E-state index in [0.29, 0.717) is 11.1 Å². The van der Waals surface area contributed by atoms with Gasteiger partial charge in [0.2, 0.25) is 0 Å². The van der Waals surface area contributed by atoms with E-state index in [1.807, 2.05) is 0 Å². The van der Waals surface area contributed by atoms with Gasteiger partial charge in [0.15, 0.2) is 10.6 Å². The second-order valence-corrected chi connectivity index (χ2v) is 5.62. The van der Waals surface area contributed by atoms with Gasteiger partial charge in [-0.25, -0.2) is 9.59 Å². The zero-order chi connectivity index (χ0) is 14.9. The number of halogens is 1. The number of carboxylic acids is 1. The summed E-state index contributed by atoms with van der Waals surface area (Å²) < 4.78 is 30.6. The van der Waals surface area contributed by atoms with Crippen LogP contribution in [0.1, 0.15) is 0 Å². The third-order valence-electron chi connectivity index (χ3n) is 2.19. The van der Waals surface area contributed by atoms with Crippen LogP contribution in [0.15, 0.2) is 39.6 Å². The number of hydrogen-bond acceptors (Lipinski definition) is 5. The lowest BCUT2D eigenvalue weighted by atomic mass is 10.3. The lowest BCUT2D eigenvalue weighted by Crippen LogP contribution is -2.17. The first-order chi connectivity index (χ1) is 9.29. The van der Waals surface area contributed by atoms with E-state index in [0.717, 1.165) is 0 Å². The van der Waals surface area contributed by atoms with Crippen LogP contribution < -0.4 is 4.74 Å². The zero-order valence-corrected chi connectivity index (χ0v) is 11.2. The molecule has 1 aromatic carbocycles. The maximum Gasteiger partial charge on any atom is 0.363 e. The van der Waals surface area contributed by atoms with Crippen molar-refractivity contribution < 1.29 is 27.9 Å². The van der Waals surface area contributed by atoms with Crippen molar-refractivity contribution in [1.29, 1.82) is 0 Å². The Morgan fingerprint density at radius 3 is 2.55 bits per heavy atom. The molecule has 0 spiro atoms. The Morgan fingerprint density at radius 2 is 2.00 bits per heavy atom. The molecule has 0 aliphatic carbocycles. The van der Waals surface area contributed by atoms with Gasteiger partial charge in [0, 0.05) is 11.1 Å². The monoisotopic (exact) mass is 315 g/mol. The van der Waals surface area contributed by atoms with Gasteiger partial charge in [0.05, 0.1) is 0 Å². The van der Waals surface area contributed by atoms with Crippen molar-refractivity contribution in [3.63, 3.8) is 0 Å². The second-order valence-electron chi connectivity index (χ2n) is 3.61. The summed E-state index contributed by atoms with van der Waals surface area (Å²) in [6.45, 7) is 0. The number of carbonyl (C=O) groups is 2. The summed E-state index contributed by atoms with van der Waals surface area (Å²) in [5.74, 6) is -2.70. The van der Waals surface area contributed by atoms with Gasteiger partial charge in [0.25, 0.3) is 10.0 Å². The molecule has 1 aromatic rings. The molecule has 0 amide bonds. The Morgan fingerprint density at radius 1 is 1.30 bits per heavy atom. The van der Waals surface area contributed by atoms with Crippen LogP contribution >= 0.6 is 11.6 Å². The summed E-state index contributed by atoms with van der Waals surface area (Å²) in [7, 11) is -4.36. The predicted octanol–water partition coefficient (Wildman–Crippen LogP) is 0.998. The van der Waals surface area contributed by atoms with Gasteiger partial charge in [-0.3, -0.25) is 0 Å². The molecule has 2 rings (SSSR count). The van der Waals surface area contributed by atoms with Gasteiger partial charge in [-0.15, -0.1) is 0 Å². The molecule has 1 N–H and O–H groups in total. The highest BCUT2D eigenvalue weighted by Crippen LogP contribution is 2.20. The molecule has 0 fully saturated rings. The molecule has 104 valence electrons. The van der Waals surface area contributed by atoms with Crippen molar-refractivity contribution in [3.8, 4) is 5.75 Å². The van der Waals surface area contributed by atoms with Crippen LogP contribution in [0.5, 0.6) is 5.75 Å². The summed E-state index contributed by atoms with van der Waals surface area (Å²) in [5, 5.41) is 9.00. The lowest BCUT2D eigenvalue weighted by molar-refractivity contribution is -0.131. The predicted molar refractivity (Wildman–Crippen MR) is 69.2 cm³/mol. The van der Waals surface area contributed by atoms with Crippen LogP contribution in [0, 0.1) is 0 Å². The number of carboxylic acid groups (broad SMARTS) is 1. The standard InChI is InChI=1S/C11H6ClNO6S/c12-6-2-1-3-7(4-6)19-11(16)8-5-9(10(14)15)20(17,18)13-8/h1-5H,(H,14,15). The smallest absolute Gasteiger partial charge is 0.363 e. The minimum Gasteiger partial charge on any atom is -0.477 e. The normalized spacial score (nSPS) is 16.2. The van der Waals surface area contributed by atoms with E-state index in [2.05, 4.69) is 4.40 Å². The van der Waals surface area contributed by atoms with Crippen LogP contribution in [0.4, 0.5) is 0 Å². The van der Waals surface area contributed by atoms with Crippen molar-refractivity contribution in [1.82, 2.24) is 0 Å². The molecule has 20 heavy (non-hydrogen) atoms. The maximum atomic E-state index is 11.7. The first kappa shape index (κ1) is 14.2. The molecular weight excluding hydrogens is 310 g/mol. The van der Waals surface area contributed by atoms with Crippen molar-refractivity contribution in [2.45, 2.75) is 0 Å². The van der Waals surface area contributed by atoms with E-state index in [1.54, 1.807) is 6.07 Å². The molecule has 7 nitrogen and oxygen atoms in total. The Labute approximate surface area is 118 Å². The third kappa shape index (κ3) is 2.86. The van der Waals surface area contributed by atoms with Crippen LogP contribution in [-0.2, 0) is 19.6 Å². The van der Waals surface area contributed by atoms with Crippen molar-refractivity contribution in [2.24, 2.45) is 4.40 Å². The summed E-state index contributed by atoms with van der Waals surface area (Å²) in [6, 6.07) is 5.84. The van der Waals surface area contributed by atoms with Gasteiger partial charge in [0.1, 0.15) is 5.75 Å². The average Bonchev–Trinajstić information content (AvgIpc) is 2.65. The van der Waals surface area contributed by atoms with Gasteiger partial charge in [-0.05, 0) is 18.2 Å². The van der Waals surface area contributed by atoms with Gasteiger partial charge in [-0.2, -0.15) is 12.8 Å². The highest BCUT2D eigenvalue weighted by Gasteiger charge is 2.33. The first-order valence-electron chi connectivity index (χ1n) is 5.07. The number of sulfonamides is 1. The summed E-state index contributed by atoms with van der Waals surface area (Å²) >= 11 is 5.69. The van der Waals surface area contributed by atoms with Gasteiger partial charge in [-0.1, -0.05) is 17.7 Å². The first-order valence-corrected chi connectivity index (χ1v) is 6.89. The van der Waals surface area contributed by atoms with E-state index in [1.165, 1.54) is 18.2 Å². The molecule has 1 heterocycles. The molecule has 9 heteroatoms. The molecule has 0 radical (unpaired) electrons. The number of hydrogen-bond donors (Lipinski definition) is 1. The summed E-state index contributed by atoms with van der Waals surface area (Å²) in [6.07, 6.45) is 0.643. The molecule has 0 unspecified atom stereocenters. The number of nitrogens with zero attached hydrogens (tertiary/aromatic N) is 1. The van der Waals surface area contributed by atoms with Crippen LogP contribution in [-0.4, -0.2) is 31.2 Å². The minimum atomic E-state index is -4.36. The fourth-order valence-corrected chi connectivity index (χ4v) is 2.51. The fraction of sp³-hybridized carbons (Fsp3) is 0. The Balaban J connectivity index is 2.26. The molecule has 1 aliphatic heterocycles. The van der Waals surface area contributed by atoms with Crippen molar-refractivity contribution in [2.75, 3.05) is 0 Å². The minimum absolute atomic E-state index is 0.0831. The van der Waals surface area contributed by atoms with Gasteiger partial charge < -0.3 is 9.84 Å². The fourth-order valence-electron chi connectivity index (χ4n) is 1.36. The van der Waals surface area contributed by atoms with E-state index in [9.17, 15) is 18.0 Å². The van der Waals surface area contributed by atoms with E-state index < -0.39 is 32.6 Å². The van der Waals surface area contributed by atoms with E-state index in [-0.39, 0.29) is 5.75 Å². The molecule has 0 atom stereocenters. The van der Waals surface area contributed by atoms with E-state index >= 15 is 0 Å². The topological polar surface area (TPSA) is 110 Å². The Kier molecular flexibility index (Phi) is 3.60. The largest absolute Gasteiger partial charge is 0.477 e. The molecular formula is C11H6ClNO6S. The van der Waals surface area contributed by atoms with Crippen molar-refractivity contribution >= 4 is 39.3 Å². The number of benzene rings is 1. The molecule has 0 saturated carbocycles. The van der Waals surface area contributed by atoms with Crippen molar-refractivity contribution in [3.05, 3.63) is 40.3 Å². The second kappa shape index (κ2) is 5.06. The molecule has 0 aromatic heterocycles. The number of aliphatic carboxylic acids is 1. The van der Waals surface area contributed by atoms with Crippen LogP contribution in [0.3, 0.4) is 0 Å². The number of carbonyl (C=O) groups excluding carboxylic acids is 1. The average molecular weight is 316 g/mol. The Hall–Kier alpha value is -2.19. The Bertz CT molecular complexity index is 765. The van der Waals surface area contributed by atoms with E-state index in [4.69, 9.17) is 21.4 Å². The SMILES string of the molecule is O=C(O)C1=CC(C(=O)Oc2cccc(Cl)c2)=NS1(=O)=O. The maximum absolute atomic E-state index is 11.7. The van der Waals surface area contributed by atoms with Crippen LogP contribution in [0.25, 0.3) is 0 Å². The number of esters is 1. The highest BCUT2D eigenvalue weighted by atomic mass is 35.5. The summed E-state index contributed by atoms with van der Waals surface area (Å²) in [5.41, 5.74) is -0.609.